The molecule has 0 atom stereocenters. The number of carbonyl (C=O) groups excluding carboxylic acids is 1. The van der Waals surface area contributed by atoms with Crippen LogP contribution in [0.3, 0.4) is 0 Å². The van der Waals surface area contributed by atoms with E-state index in [4.69, 9.17) is 0 Å². The van der Waals surface area contributed by atoms with Crippen molar-refractivity contribution in [3.8, 4) is 5.69 Å². The fourth-order valence-corrected chi connectivity index (χ4v) is 2.92. The minimum atomic E-state index is -0.590. The van der Waals surface area contributed by atoms with Gasteiger partial charge in [0.15, 0.2) is 0 Å². The molecule has 1 amide bonds. The van der Waals surface area contributed by atoms with E-state index in [1.807, 2.05) is 41.1 Å². The van der Waals surface area contributed by atoms with Crippen LogP contribution >= 0.6 is 0 Å². The van der Waals surface area contributed by atoms with Crippen LogP contribution in [0.25, 0.3) is 16.5 Å². The SMILES string of the molecule is O=C(N/N=C/c1cccn1-c1ccc2ccccc2c1)c1ccccc1F. The Morgan fingerprint density at radius 3 is 2.56 bits per heavy atom. The number of nitrogens with zero attached hydrogens (tertiary/aromatic N) is 2. The van der Waals surface area contributed by atoms with Crippen LogP contribution in [0.2, 0.25) is 0 Å². The molecule has 0 fully saturated rings. The van der Waals surface area contributed by atoms with Gasteiger partial charge in [0.2, 0.25) is 0 Å². The van der Waals surface area contributed by atoms with Crippen molar-refractivity contribution >= 4 is 22.9 Å². The Balaban J connectivity index is 1.55. The van der Waals surface area contributed by atoms with E-state index in [0.717, 1.165) is 16.8 Å². The van der Waals surface area contributed by atoms with Crippen LogP contribution in [0.4, 0.5) is 4.39 Å². The number of carbonyl (C=O) groups is 1. The molecule has 1 aromatic heterocycles. The number of rotatable bonds is 4. The molecule has 0 aliphatic rings. The Kier molecular flexibility index (Phi) is 4.49. The normalized spacial score (nSPS) is 11.1. The third kappa shape index (κ3) is 3.48. The van der Waals surface area contributed by atoms with Crippen LogP contribution in [-0.2, 0) is 0 Å². The number of fused-ring (bicyclic) bond motifs is 1. The smallest absolute Gasteiger partial charge is 0.274 e. The number of nitrogens with one attached hydrogen (secondary N) is 1. The monoisotopic (exact) mass is 357 g/mol. The predicted molar refractivity (Wildman–Crippen MR) is 105 cm³/mol. The first-order chi connectivity index (χ1) is 13.2. The van der Waals surface area contributed by atoms with E-state index in [0.29, 0.717) is 0 Å². The molecule has 3 aromatic carbocycles. The van der Waals surface area contributed by atoms with Gasteiger partial charge in [-0.25, -0.2) is 9.82 Å². The Hall–Kier alpha value is -3.73. The molecular formula is C22H16FN3O. The fraction of sp³-hybridized carbons (Fsp3) is 0. The summed E-state index contributed by atoms with van der Waals surface area (Å²) in [5.41, 5.74) is 4.10. The van der Waals surface area contributed by atoms with E-state index < -0.39 is 11.7 Å². The summed E-state index contributed by atoms with van der Waals surface area (Å²) in [5.74, 6) is -1.17. The fourth-order valence-electron chi connectivity index (χ4n) is 2.92. The highest BCUT2D eigenvalue weighted by Gasteiger charge is 2.09. The van der Waals surface area contributed by atoms with Gasteiger partial charge in [0.05, 0.1) is 17.5 Å². The molecule has 27 heavy (non-hydrogen) atoms. The van der Waals surface area contributed by atoms with Crippen molar-refractivity contribution < 1.29 is 9.18 Å². The van der Waals surface area contributed by atoms with E-state index in [-0.39, 0.29) is 5.56 Å². The number of benzene rings is 3. The molecule has 0 unspecified atom stereocenters. The number of halogens is 1. The zero-order valence-electron chi connectivity index (χ0n) is 14.3. The quantitative estimate of drug-likeness (QED) is 0.423. The molecule has 5 heteroatoms. The second-order valence-electron chi connectivity index (χ2n) is 6.01. The van der Waals surface area contributed by atoms with E-state index >= 15 is 0 Å². The third-order valence-corrected chi connectivity index (χ3v) is 4.27. The largest absolute Gasteiger partial charge is 0.316 e. The van der Waals surface area contributed by atoms with Crippen molar-refractivity contribution in [2.24, 2.45) is 5.10 Å². The molecule has 1 heterocycles. The number of hydrogen-bond acceptors (Lipinski definition) is 2. The minimum absolute atomic E-state index is 0.0421. The van der Waals surface area contributed by atoms with Crippen molar-refractivity contribution in [3.63, 3.8) is 0 Å². The van der Waals surface area contributed by atoms with E-state index in [1.54, 1.807) is 6.07 Å². The summed E-state index contributed by atoms with van der Waals surface area (Å²) < 4.78 is 15.6. The summed E-state index contributed by atoms with van der Waals surface area (Å²) >= 11 is 0. The number of aromatic nitrogens is 1. The van der Waals surface area contributed by atoms with Gasteiger partial charge in [0.1, 0.15) is 5.82 Å². The van der Waals surface area contributed by atoms with E-state index in [9.17, 15) is 9.18 Å². The summed E-state index contributed by atoms with van der Waals surface area (Å²) in [6.07, 6.45) is 3.46. The number of amides is 1. The summed E-state index contributed by atoms with van der Waals surface area (Å²) in [4.78, 5) is 12.0. The topological polar surface area (TPSA) is 46.4 Å². The molecule has 0 radical (unpaired) electrons. The molecule has 0 spiro atoms. The summed E-state index contributed by atoms with van der Waals surface area (Å²) in [6, 6.07) is 23.9. The van der Waals surface area contributed by atoms with Crippen LogP contribution in [-0.4, -0.2) is 16.7 Å². The van der Waals surface area contributed by atoms with Crippen LogP contribution in [0.5, 0.6) is 0 Å². The lowest BCUT2D eigenvalue weighted by Gasteiger charge is -2.08. The van der Waals surface area contributed by atoms with Gasteiger partial charge in [-0.1, -0.05) is 42.5 Å². The van der Waals surface area contributed by atoms with Gasteiger partial charge in [-0.2, -0.15) is 5.10 Å². The first kappa shape index (κ1) is 16.7. The summed E-state index contributed by atoms with van der Waals surface area (Å²) in [7, 11) is 0. The van der Waals surface area contributed by atoms with Gasteiger partial charge in [-0.05, 0) is 47.2 Å². The second kappa shape index (κ2) is 7.25. The molecule has 4 aromatic rings. The molecule has 0 saturated heterocycles. The second-order valence-corrected chi connectivity index (χ2v) is 6.01. The molecule has 0 bridgehead atoms. The van der Waals surface area contributed by atoms with Gasteiger partial charge < -0.3 is 4.57 Å². The van der Waals surface area contributed by atoms with Crippen molar-refractivity contribution in [3.05, 3.63) is 102 Å². The Bertz CT molecular complexity index is 1150. The lowest BCUT2D eigenvalue weighted by atomic mass is 10.1. The molecule has 4 rings (SSSR count). The van der Waals surface area contributed by atoms with Crippen molar-refractivity contribution in [1.82, 2.24) is 9.99 Å². The van der Waals surface area contributed by atoms with Crippen LogP contribution in [0.15, 0.2) is 90.2 Å². The highest BCUT2D eigenvalue weighted by Crippen LogP contribution is 2.19. The zero-order valence-corrected chi connectivity index (χ0v) is 14.3. The van der Waals surface area contributed by atoms with Gasteiger partial charge in [0, 0.05) is 11.9 Å². The highest BCUT2D eigenvalue weighted by molar-refractivity contribution is 5.95. The maximum atomic E-state index is 13.6. The van der Waals surface area contributed by atoms with Gasteiger partial charge >= 0.3 is 0 Å². The minimum Gasteiger partial charge on any atom is -0.316 e. The number of hydrazone groups is 1. The predicted octanol–water partition coefficient (Wildman–Crippen LogP) is 4.53. The summed E-state index contributed by atoms with van der Waals surface area (Å²) in [5, 5.41) is 6.27. The molecular weight excluding hydrogens is 341 g/mol. The molecule has 4 nitrogen and oxygen atoms in total. The third-order valence-electron chi connectivity index (χ3n) is 4.27. The Morgan fingerprint density at radius 1 is 0.926 bits per heavy atom. The highest BCUT2D eigenvalue weighted by atomic mass is 19.1. The molecule has 0 saturated carbocycles. The standard InChI is InChI=1S/C22H16FN3O/c23-21-10-4-3-9-20(21)22(27)25-24-15-19-8-5-13-26(19)18-12-11-16-6-1-2-7-17(16)14-18/h1-15H,(H,25,27)/b24-15+. The van der Waals surface area contributed by atoms with Crippen molar-refractivity contribution in [1.29, 1.82) is 0 Å². The lowest BCUT2D eigenvalue weighted by Crippen LogP contribution is -2.19. The molecule has 0 aliphatic carbocycles. The van der Waals surface area contributed by atoms with Gasteiger partial charge in [-0.15, -0.1) is 0 Å². The van der Waals surface area contributed by atoms with Crippen LogP contribution < -0.4 is 5.43 Å². The van der Waals surface area contributed by atoms with E-state index in [1.165, 1.54) is 29.8 Å². The molecule has 132 valence electrons. The first-order valence-corrected chi connectivity index (χ1v) is 8.47. The van der Waals surface area contributed by atoms with Gasteiger partial charge in [0.25, 0.3) is 5.91 Å². The maximum Gasteiger partial charge on any atom is 0.274 e. The van der Waals surface area contributed by atoms with Crippen LogP contribution in [0, 0.1) is 5.82 Å². The average molecular weight is 357 g/mol. The van der Waals surface area contributed by atoms with Crippen molar-refractivity contribution in [2.45, 2.75) is 0 Å². The summed E-state index contributed by atoms with van der Waals surface area (Å²) in [6.45, 7) is 0. The lowest BCUT2D eigenvalue weighted by molar-refractivity contribution is 0.0951. The van der Waals surface area contributed by atoms with E-state index in [2.05, 4.69) is 34.8 Å². The Morgan fingerprint density at radius 2 is 1.70 bits per heavy atom. The van der Waals surface area contributed by atoms with Gasteiger partial charge in [-0.3, -0.25) is 4.79 Å². The zero-order chi connectivity index (χ0) is 18.6. The van der Waals surface area contributed by atoms with Crippen molar-refractivity contribution in [2.75, 3.05) is 0 Å². The number of hydrogen-bond donors (Lipinski definition) is 1. The van der Waals surface area contributed by atoms with Crippen LogP contribution in [0.1, 0.15) is 16.1 Å². The first-order valence-electron chi connectivity index (χ1n) is 8.47. The maximum absolute atomic E-state index is 13.6. The molecule has 1 N–H and O–H groups in total. The average Bonchev–Trinajstić information content (AvgIpc) is 3.16. The molecule has 0 aliphatic heterocycles. The Labute approximate surface area is 155 Å².